The third-order valence-electron chi connectivity index (χ3n) is 3.05. The molecule has 19 heavy (non-hydrogen) atoms. The highest BCUT2D eigenvalue weighted by atomic mass is 16.1. The Balaban J connectivity index is 1.91. The Bertz CT molecular complexity index is 748. The molecule has 2 heterocycles. The molecule has 1 aromatic carbocycles. The second-order valence-electron chi connectivity index (χ2n) is 4.31. The van der Waals surface area contributed by atoms with E-state index >= 15 is 0 Å². The number of ketones is 1. The maximum absolute atomic E-state index is 12.2. The van der Waals surface area contributed by atoms with Crippen molar-refractivity contribution in [2.24, 2.45) is 7.05 Å². The molecule has 3 aromatic rings. The van der Waals surface area contributed by atoms with Crippen LogP contribution in [0.5, 0.6) is 0 Å². The lowest BCUT2D eigenvalue weighted by Crippen LogP contribution is -2.09. The summed E-state index contributed by atoms with van der Waals surface area (Å²) in [5, 5.41) is 4.92. The molecule has 0 aliphatic carbocycles. The van der Waals surface area contributed by atoms with Crippen LogP contribution in [0.1, 0.15) is 16.2 Å². The number of carbonyl (C=O) groups is 1. The number of benzene rings is 1. The highest BCUT2D eigenvalue weighted by molar-refractivity contribution is 6.00. The van der Waals surface area contributed by atoms with Crippen molar-refractivity contribution >= 4 is 16.7 Å². The number of hydrogen-bond donors (Lipinski definition) is 0. The molecule has 0 radical (unpaired) electrons. The van der Waals surface area contributed by atoms with Gasteiger partial charge in [-0.25, -0.2) is 4.98 Å². The van der Waals surface area contributed by atoms with E-state index in [9.17, 15) is 4.79 Å². The molecule has 0 fully saturated rings. The lowest BCUT2D eigenvalue weighted by molar-refractivity contribution is 0.0990. The van der Waals surface area contributed by atoms with Gasteiger partial charge in [-0.3, -0.25) is 14.5 Å². The minimum atomic E-state index is 0.0295. The Morgan fingerprint density at radius 1 is 1.26 bits per heavy atom. The van der Waals surface area contributed by atoms with Gasteiger partial charge < -0.3 is 0 Å². The maximum Gasteiger partial charge on any atom is 0.170 e. The molecule has 2 aromatic heterocycles. The molecule has 0 saturated heterocycles. The smallest absolute Gasteiger partial charge is 0.170 e. The fraction of sp³-hybridized carbons (Fsp3) is 0.143. The monoisotopic (exact) mass is 252 g/mol. The first-order valence-corrected chi connectivity index (χ1v) is 5.95. The third kappa shape index (κ3) is 2.22. The van der Waals surface area contributed by atoms with Crippen LogP contribution in [0.25, 0.3) is 10.9 Å². The van der Waals surface area contributed by atoms with Gasteiger partial charge in [0, 0.05) is 24.2 Å². The van der Waals surface area contributed by atoms with E-state index in [1.54, 1.807) is 24.0 Å². The molecule has 0 N–H and O–H groups in total. The minimum Gasteiger partial charge on any atom is -0.294 e. The van der Waals surface area contributed by atoms with E-state index < -0.39 is 0 Å². The van der Waals surface area contributed by atoms with Crippen molar-refractivity contribution in [2.75, 3.05) is 0 Å². The Kier molecular flexibility index (Phi) is 2.79. The molecule has 5 heteroatoms. The maximum atomic E-state index is 12.2. The number of aromatic nitrogens is 4. The summed E-state index contributed by atoms with van der Waals surface area (Å²) >= 11 is 0. The van der Waals surface area contributed by atoms with Crippen LogP contribution in [0.2, 0.25) is 0 Å². The van der Waals surface area contributed by atoms with Crippen molar-refractivity contribution < 1.29 is 4.79 Å². The van der Waals surface area contributed by atoms with Crippen molar-refractivity contribution in [1.82, 2.24) is 19.7 Å². The number of pyridine rings is 1. The third-order valence-corrected chi connectivity index (χ3v) is 3.05. The molecule has 0 bridgehead atoms. The van der Waals surface area contributed by atoms with Gasteiger partial charge in [0.2, 0.25) is 0 Å². The van der Waals surface area contributed by atoms with Crippen LogP contribution in [0.15, 0.2) is 42.9 Å². The zero-order chi connectivity index (χ0) is 13.2. The van der Waals surface area contributed by atoms with Crippen molar-refractivity contribution in [3.05, 3.63) is 54.2 Å². The first-order valence-electron chi connectivity index (χ1n) is 5.95. The van der Waals surface area contributed by atoms with Crippen molar-refractivity contribution in [3.8, 4) is 0 Å². The van der Waals surface area contributed by atoms with E-state index in [1.165, 1.54) is 6.33 Å². The van der Waals surface area contributed by atoms with E-state index in [-0.39, 0.29) is 12.2 Å². The zero-order valence-corrected chi connectivity index (χ0v) is 10.4. The SMILES string of the molecule is Cn1ncnc1CC(=O)c1ccc2ncccc2c1. The standard InChI is InChI=1S/C14H12N4O/c1-18-14(16-9-17-18)8-13(19)11-4-5-12-10(7-11)3-2-6-15-12/h2-7,9H,8H2,1H3. The van der Waals surface area contributed by atoms with Crippen LogP contribution in [0, 0.1) is 0 Å². The highest BCUT2D eigenvalue weighted by Crippen LogP contribution is 2.14. The highest BCUT2D eigenvalue weighted by Gasteiger charge is 2.11. The summed E-state index contributed by atoms with van der Waals surface area (Å²) in [6.45, 7) is 0. The van der Waals surface area contributed by atoms with Gasteiger partial charge in [0.25, 0.3) is 0 Å². The summed E-state index contributed by atoms with van der Waals surface area (Å²) < 4.78 is 1.61. The van der Waals surface area contributed by atoms with E-state index in [0.717, 1.165) is 10.9 Å². The largest absolute Gasteiger partial charge is 0.294 e. The number of Topliss-reactive ketones (excluding diaryl/α,β-unsaturated/α-hetero) is 1. The zero-order valence-electron chi connectivity index (χ0n) is 10.4. The summed E-state index contributed by atoms with van der Waals surface area (Å²) in [6.07, 6.45) is 3.44. The normalized spacial score (nSPS) is 10.8. The van der Waals surface area contributed by atoms with Crippen molar-refractivity contribution in [1.29, 1.82) is 0 Å². The van der Waals surface area contributed by atoms with Crippen LogP contribution in [-0.2, 0) is 13.5 Å². The molecule has 5 nitrogen and oxygen atoms in total. The van der Waals surface area contributed by atoms with E-state index in [4.69, 9.17) is 0 Å². The minimum absolute atomic E-state index is 0.0295. The Hall–Kier alpha value is -2.56. The van der Waals surface area contributed by atoms with Gasteiger partial charge in [0.15, 0.2) is 5.78 Å². The Morgan fingerprint density at radius 2 is 2.16 bits per heavy atom. The predicted octanol–water partition coefficient (Wildman–Crippen LogP) is 1.79. The average Bonchev–Trinajstić information content (AvgIpc) is 2.84. The quantitative estimate of drug-likeness (QED) is 0.667. The summed E-state index contributed by atoms with van der Waals surface area (Å²) in [7, 11) is 1.78. The van der Waals surface area contributed by atoms with Gasteiger partial charge >= 0.3 is 0 Å². The summed E-state index contributed by atoms with van der Waals surface area (Å²) in [5.74, 6) is 0.693. The summed E-state index contributed by atoms with van der Waals surface area (Å²) in [6, 6.07) is 9.33. The van der Waals surface area contributed by atoms with Crippen LogP contribution in [0.3, 0.4) is 0 Å². The number of hydrogen-bond acceptors (Lipinski definition) is 4. The molecule has 0 atom stereocenters. The average molecular weight is 252 g/mol. The fourth-order valence-electron chi connectivity index (χ4n) is 1.97. The topological polar surface area (TPSA) is 60.7 Å². The molecule has 3 rings (SSSR count). The summed E-state index contributed by atoms with van der Waals surface area (Å²) in [4.78, 5) is 20.5. The lowest BCUT2D eigenvalue weighted by atomic mass is 10.1. The van der Waals surface area contributed by atoms with Gasteiger partial charge in [-0.15, -0.1) is 0 Å². The van der Waals surface area contributed by atoms with Gasteiger partial charge in [-0.05, 0) is 24.3 Å². The van der Waals surface area contributed by atoms with Gasteiger partial charge in [-0.2, -0.15) is 5.10 Å². The molecular formula is C14H12N4O. The molecule has 0 saturated carbocycles. The van der Waals surface area contributed by atoms with Gasteiger partial charge in [0.1, 0.15) is 12.2 Å². The molecule has 0 aliphatic heterocycles. The second-order valence-corrected chi connectivity index (χ2v) is 4.31. The molecule has 94 valence electrons. The fourth-order valence-corrected chi connectivity index (χ4v) is 1.97. The molecule has 0 amide bonds. The number of rotatable bonds is 3. The Labute approximate surface area is 109 Å². The molecule has 0 aliphatic rings. The number of carbonyl (C=O) groups excluding carboxylic acids is 1. The van der Waals surface area contributed by atoms with Gasteiger partial charge in [0.05, 0.1) is 11.9 Å². The van der Waals surface area contributed by atoms with Crippen LogP contribution >= 0.6 is 0 Å². The van der Waals surface area contributed by atoms with Crippen LogP contribution in [0.4, 0.5) is 0 Å². The molecule has 0 spiro atoms. The first kappa shape index (κ1) is 11.5. The van der Waals surface area contributed by atoms with Crippen LogP contribution < -0.4 is 0 Å². The van der Waals surface area contributed by atoms with Gasteiger partial charge in [-0.1, -0.05) is 6.07 Å². The summed E-state index contributed by atoms with van der Waals surface area (Å²) in [5.41, 5.74) is 1.56. The first-order chi connectivity index (χ1) is 9.24. The van der Waals surface area contributed by atoms with E-state index in [1.807, 2.05) is 24.3 Å². The van der Waals surface area contributed by atoms with E-state index in [0.29, 0.717) is 11.4 Å². The lowest BCUT2D eigenvalue weighted by Gasteiger charge is -2.02. The Morgan fingerprint density at radius 3 is 2.95 bits per heavy atom. The number of aryl methyl sites for hydroxylation is 1. The van der Waals surface area contributed by atoms with E-state index in [2.05, 4.69) is 15.1 Å². The van der Waals surface area contributed by atoms with Crippen LogP contribution in [-0.4, -0.2) is 25.5 Å². The molecule has 0 unspecified atom stereocenters. The van der Waals surface area contributed by atoms with Crippen molar-refractivity contribution in [2.45, 2.75) is 6.42 Å². The number of nitrogens with zero attached hydrogens (tertiary/aromatic N) is 4. The second kappa shape index (κ2) is 4.61. The van der Waals surface area contributed by atoms with Crippen molar-refractivity contribution in [3.63, 3.8) is 0 Å². The molecular weight excluding hydrogens is 240 g/mol. The predicted molar refractivity (Wildman–Crippen MR) is 70.8 cm³/mol. The number of fused-ring (bicyclic) bond motifs is 1.